The van der Waals surface area contributed by atoms with Crippen LogP contribution in [-0.4, -0.2) is 5.16 Å². The highest BCUT2D eigenvalue weighted by Crippen LogP contribution is 2.39. The van der Waals surface area contributed by atoms with Crippen molar-refractivity contribution in [2.75, 3.05) is 5.73 Å². The smallest absolute Gasteiger partial charge is 0.180 e. The lowest BCUT2D eigenvalue weighted by molar-refractivity contribution is 0.433. The van der Waals surface area contributed by atoms with Gasteiger partial charge in [-0.2, -0.15) is 0 Å². The van der Waals surface area contributed by atoms with E-state index >= 15 is 0 Å². The fourth-order valence-corrected chi connectivity index (χ4v) is 2.48. The summed E-state index contributed by atoms with van der Waals surface area (Å²) in [6.45, 7) is 6.21. The van der Waals surface area contributed by atoms with Crippen LogP contribution >= 0.6 is 0 Å². The number of furan rings is 1. The van der Waals surface area contributed by atoms with E-state index in [2.05, 4.69) is 31.1 Å². The number of nitrogen functional groups attached to an aromatic ring is 1. The number of nitrogens with zero attached hydrogens (tertiary/aromatic N) is 1. The minimum atomic E-state index is 0.400. The SMILES string of the molecule is CCc1occc1-c1onc(N)c1-c1ccc(C)c(C)c1. The van der Waals surface area contributed by atoms with E-state index < -0.39 is 0 Å². The first-order chi connectivity index (χ1) is 10.1. The van der Waals surface area contributed by atoms with Gasteiger partial charge in [-0.1, -0.05) is 30.3 Å². The van der Waals surface area contributed by atoms with E-state index in [-0.39, 0.29) is 0 Å². The minimum Gasteiger partial charge on any atom is -0.469 e. The monoisotopic (exact) mass is 282 g/mol. The molecule has 0 radical (unpaired) electrons. The molecule has 3 rings (SSSR count). The lowest BCUT2D eigenvalue weighted by Crippen LogP contribution is -1.91. The molecular formula is C17H18N2O2. The van der Waals surface area contributed by atoms with Gasteiger partial charge in [0.15, 0.2) is 11.6 Å². The molecule has 0 bridgehead atoms. The van der Waals surface area contributed by atoms with Gasteiger partial charge in [0.05, 0.1) is 17.4 Å². The Morgan fingerprint density at radius 2 is 1.95 bits per heavy atom. The van der Waals surface area contributed by atoms with Gasteiger partial charge in [0, 0.05) is 6.42 Å². The van der Waals surface area contributed by atoms with Crippen molar-refractivity contribution >= 4 is 5.82 Å². The number of benzene rings is 1. The van der Waals surface area contributed by atoms with Gasteiger partial charge in [-0.05, 0) is 36.6 Å². The van der Waals surface area contributed by atoms with Gasteiger partial charge in [0.25, 0.3) is 0 Å². The van der Waals surface area contributed by atoms with E-state index in [1.807, 2.05) is 19.1 Å². The van der Waals surface area contributed by atoms with Gasteiger partial charge in [0.1, 0.15) is 5.76 Å². The van der Waals surface area contributed by atoms with Crippen LogP contribution < -0.4 is 5.73 Å². The molecule has 0 aliphatic rings. The standard InChI is InChI=1S/C17H18N2O2/c1-4-14-13(7-8-20-14)16-15(17(18)19-21-16)12-6-5-10(2)11(3)9-12/h5-9H,4H2,1-3H3,(H2,18,19). The number of aryl methyl sites for hydroxylation is 3. The highest BCUT2D eigenvalue weighted by Gasteiger charge is 2.21. The fraction of sp³-hybridized carbons (Fsp3) is 0.235. The number of hydrogen-bond acceptors (Lipinski definition) is 4. The molecule has 0 amide bonds. The van der Waals surface area contributed by atoms with E-state index in [9.17, 15) is 0 Å². The lowest BCUT2D eigenvalue weighted by atomic mass is 9.98. The zero-order valence-corrected chi connectivity index (χ0v) is 12.4. The summed E-state index contributed by atoms with van der Waals surface area (Å²) in [5.41, 5.74) is 11.2. The molecule has 0 aliphatic heterocycles. The summed E-state index contributed by atoms with van der Waals surface area (Å²) in [5.74, 6) is 1.94. The van der Waals surface area contributed by atoms with Crippen molar-refractivity contribution in [3.05, 3.63) is 47.4 Å². The Morgan fingerprint density at radius 3 is 2.67 bits per heavy atom. The topological polar surface area (TPSA) is 65.2 Å². The first-order valence-electron chi connectivity index (χ1n) is 7.01. The Kier molecular flexibility index (Phi) is 3.29. The molecule has 0 saturated carbocycles. The normalized spacial score (nSPS) is 11.0. The third kappa shape index (κ3) is 2.23. The van der Waals surface area contributed by atoms with Crippen LogP contribution in [-0.2, 0) is 6.42 Å². The van der Waals surface area contributed by atoms with Crippen molar-refractivity contribution in [2.24, 2.45) is 0 Å². The van der Waals surface area contributed by atoms with Gasteiger partial charge in [-0.15, -0.1) is 0 Å². The molecule has 2 aromatic heterocycles. The van der Waals surface area contributed by atoms with Crippen molar-refractivity contribution in [1.82, 2.24) is 5.16 Å². The molecule has 3 aromatic rings. The number of nitrogens with two attached hydrogens (primary N) is 1. The van der Waals surface area contributed by atoms with E-state index in [0.717, 1.165) is 28.9 Å². The van der Waals surface area contributed by atoms with Gasteiger partial charge < -0.3 is 14.7 Å². The van der Waals surface area contributed by atoms with Crippen molar-refractivity contribution in [2.45, 2.75) is 27.2 Å². The maximum Gasteiger partial charge on any atom is 0.180 e. The van der Waals surface area contributed by atoms with Crippen molar-refractivity contribution in [3.8, 4) is 22.5 Å². The van der Waals surface area contributed by atoms with Crippen molar-refractivity contribution in [1.29, 1.82) is 0 Å². The van der Waals surface area contributed by atoms with Crippen LogP contribution in [0.2, 0.25) is 0 Å². The van der Waals surface area contributed by atoms with Gasteiger partial charge in [-0.3, -0.25) is 0 Å². The van der Waals surface area contributed by atoms with Crippen LogP contribution in [0.25, 0.3) is 22.5 Å². The molecule has 0 saturated heterocycles. The van der Waals surface area contributed by atoms with Gasteiger partial charge in [0.2, 0.25) is 0 Å². The third-order valence-electron chi connectivity index (χ3n) is 3.83. The Labute approximate surface area is 123 Å². The second-order valence-electron chi connectivity index (χ2n) is 5.18. The van der Waals surface area contributed by atoms with E-state index in [0.29, 0.717) is 11.6 Å². The second-order valence-corrected chi connectivity index (χ2v) is 5.18. The number of anilines is 1. The summed E-state index contributed by atoms with van der Waals surface area (Å²) >= 11 is 0. The Morgan fingerprint density at radius 1 is 1.14 bits per heavy atom. The van der Waals surface area contributed by atoms with Gasteiger partial charge >= 0.3 is 0 Å². The van der Waals surface area contributed by atoms with Crippen molar-refractivity contribution in [3.63, 3.8) is 0 Å². The highest BCUT2D eigenvalue weighted by atomic mass is 16.5. The van der Waals surface area contributed by atoms with E-state index in [1.165, 1.54) is 11.1 Å². The summed E-state index contributed by atoms with van der Waals surface area (Å²) < 4.78 is 11.0. The van der Waals surface area contributed by atoms with E-state index in [1.54, 1.807) is 6.26 Å². The average Bonchev–Trinajstić information content (AvgIpc) is 3.07. The maximum atomic E-state index is 6.02. The highest BCUT2D eigenvalue weighted by molar-refractivity contribution is 5.87. The molecule has 1 aromatic carbocycles. The first kappa shape index (κ1) is 13.5. The number of rotatable bonds is 3. The van der Waals surface area contributed by atoms with Gasteiger partial charge in [-0.25, -0.2) is 0 Å². The Hall–Kier alpha value is -2.49. The maximum absolute atomic E-state index is 6.02. The zero-order valence-electron chi connectivity index (χ0n) is 12.4. The quantitative estimate of drug-likeness (QED) is 0.775. The van der Waals surface area contributed by atoms with Crippen molar-refractivity contribution < 1.29 is 8.94 Å². The van der Waals surface area contributed by atoms with Crippen LogP contribution in [0.15, 0.2) is 39.5 Å². The third-order valence-corrected chi connectivity index (χ3v) is 3.83. The van der Waals surface area contributed by atoms with Crippen LogP contribution in [0, 0.1) is 13.8 Å². The molecule has 0 fully saturated rings. The summed E-state index contributed by atoms with van der Waals surface area (Å²) in [7, 11) is 0. The summed E-state index contributed by atoms with van der Waals surface area (Å²) in [6, 6.07) is 8.12. The van der Waals surface area contributed by atoms with E-state index in [4.69, 9.17) is 14.7 Å². The van der Waals surface area contributed by atoms with Crippen LogP contribution in [0.5, 0.6) is 0 Å². The molecular weight excluding hydrogens is 264 g/mol. The lowest BCUT2D eigenvalue weighted by Gasteiger charge is -2.06. The Balaban J connectivity index is 2.19. The molecule has 108 valence electrons. The molecule has 0 spiro atoms. The second kappa shape index (κ2) is 5.13. The predicted octanol–water partition coefficient (Wildman–Crippen LogP) is 4.36. The molecule has 0 atom stereocenters. The fourth-order valence-electron chi connectivity index (χ4n) is 2.48. The summed E-state index contributed by atoms with van der Waals surface area (Å²) in [6.07, 6.45) is 2.45. The molecule has 0 aliphatic carbocycles. The average molecular weight is 282 g/mol. The molecule has 2 heterocycles. The van der Waals surface area contributed by atoms with Crippen LogP contribution in [0.3, 0.4) is 0 Å². The molecule has 21 heavy (non-hydrogen) atoms. The number of aromatic nitrogens is 1. The molecule has 4 heteroatoms. The van der Waals surface area contributed by atoms with Crippen LogP contribution in [0.1, 0.15) is 23.8 Å². The largest absolute Gasteiger partial charge is 0.469 e. The summed E-state index contributed by atoms with van der Waals surface area (Å²) in [4.78, 5) is 0. The number of hydrogen-bond donors (Lipinski definition) is 1. The molecule has 0 unspecified atom stereocenters. The molecule has 2 N–H and O–H groups in total. The minimum absolute atomic E-state index is 0.400. The first-order valence-corrected chi connectivity index (χ1v) is 7.01. The zero-order chi connectivity index (χ0) is 15.0. The predicted molar refractivity (Wildman–Crippen MR) is 82.9 cm³/mol. The summed E-state index contributed by atoms with van der Waals surface area (Å²) in [5, 5.41) is 3.94. The molecule has 4 nitrogen and oxygen atoms in total. The Bertz CT molecular complexity index is 784. The van der Waals surface area contributed by atoms with Crippen LogP contribution in [0.4, 0.5) is 5.82 Å².